The summed E-state index contributed by atoms with van der Waals surface area (Å²) in [6.45, 7) is 4.13. The second-order valence-electron chi connectivity index (χ2n) is 3.81. The van der Waals surface area contributed by atoms with Crippen molar-refractivity contribution in [2.75, 3.05) is 5.73 Å². The Balaban J connectivity index is 2.55. The van der Waals surface area contributed by atoms with E-state index in [-0.39, 0.29) is 0 Å². The van der Waals surface area contributed by atoms with E-state index in [1.807, 2.05) is 0 Å². The Kier molecular flexibility index (Phi) is 2.86. The summed E-state index contributed by atoms with van der Waals surface area (Å²) in [5.41, 5.74) is 10.1. The van der Waals surface area contributed by atoms with Gasteiger partial charge in [-0.1, -0.05) is 36.8 Å². The molecule has 0 spiro atoms. The number of nitrogens with zero attached hydrogens (tertiary/aromatic N) is 2. The zero-order valence-electron chi connectivity index (χ0n) is 9.57. The summed E-state index contributed by atoms with van der Waals surface area (Å²) >= 11 is 0. The van der Waals surface area contributed by atoms with E-state index >= 15 is 0 Å². The van der Waals surface area contributed by atoms with Gasteiger partial charge in [-0.25, -0.2) is 9.97 Å². The molecule has 0 saturated carbocycles. The van der Waals surface area contributed by atoms with Gasteiger partial charge in [-0.05, 0) is 13.3 Å². The lowest BCUT2D eigenvalue weighted by molar-refractivity contribution is 1.06. The van der Waals surface area contributed by atoms with Crippen LogP contribution in [0.25, 0.3) is 11.3 Å². The molecule has 0 saturated heterocycles. The quantitative estimate of drug-likeness (QED) is 0.834. The molecule has 2 rings (SSSR count). The topological polar surface area (TPSA) is 51.8 Å². The summed E-state index contributed by atoms with van der Waals surface area (Å²) in [4.78, 5) is 8.34. The number of aromatic nitrogens is 2. The molecule has 1 heterocycles. The summed E-state index contributed by atoms with van der Waals surface area (Å²) in [7, 11) is 0. The van der Waals surface area contributed by atoms with Crippen molar-refractivity contribution in [2.24, 2.45) is 0 Å². The molecule has 1 aromatic carbocycles. The van der Waals surface area contributed by atoms with Crippen molar-refractivity contribution in [1.82, 2.24) is 9.97 Å². The highest BCUT2D eigenvalue weighted by atomic mass is 14.9. The molecule has 0 fully saturated rings. The van der Waals surface area contributed by atoms with E-state index in [1.165, 1.54) is 11.9 Å². The second-order valence-corrected chi connectivity index (χ2v) is 3.81. The van der Waals surface area contributed by atoms with Crippen LogP contribution < -0.4 is 5.73 Å². The first-order valence-electron chi connectivity index (χ1n) is 5.38. The van der Waals surface area contributed by atoms with Crippen LogP contribution in [0.15, 0.2) is 30.6 Å². The smallest absolute Gasteiger partial charge is 0.130 e. The van der Waals surface area contributed by atoms with E-state index in [0.717, 1.165) is 23.2 Å². The molecule has 2 aromatic rings. The first kappa shape index (κ1) is 10.6. The van der Waals surface area contributed by atoms with Crippen LogP contribution in [0.4, 0.5) is 5.82 Å². The maximum Gasteiger partial charge on any atom is 0.130 e. The fourth-order valence-corrected chi connectivity index (χ4v) is 1.73. The molecule has 0 atom stereocenters. The van der Waals surface area contributed by atoms with Crippen molar-refractivity contribution in [3.8, 4) is 11.3 Å². The van der Waals surface area contributed by atoms with Gasteiger partial charge in [0.2, 0.25) is 0 Å². The van der Waals surface area contributed by atoms with Gasteiger partial charge in [0, 0.05) is 11.1 Å². The second kappa shape index (κ2) is 4.31. The molecule has 0 aliphatic rings. The van der Waals surface area contributed by atoms with Crippen LogP contribution in [0.1, 0.15) is 18.1 Å². The molecule has 0 unspecified atom stereocenters. The summed E-state index contributed by atoms with van der Waals surface area (Å²) in [5.74, 6) is 0.577. The van der Waals surface area contributed by atoms with Gasteiger partial charge in [-0.3, -0.25) is 0 Å². The van der Waals surface area contributed by atoms with Crippen molar-refractivity contribution < 1.29 is 0 Å². The molecular formula is C13H15N3. The van der Waals surface area contributed by atoms with Crippen LogP contribution in [0.2, 0.25) is 0 Å². The molecular weight excluding hydrogens is 198 g/mol. The van der Waals surface area contributed by atoms with Crippen LogP contribution in [0.3, 0.4) is 0 Å². The van der Waals surface area contributed by atoms with Crippen molar-refractivity contribution in [2.45, 2.75) is 20.3 Å². The Morgan fingerprint density at radius 3 is 2.44 bits per heavy atom. The highest BCUT2D eigenvalue weighted by Gasteiger charge is 2.08. The predicted octanol–water partition coefficient (Wildman–Crippen LogP) is 2.60. The first-order chi connectivity index (χ1) is 7.72. The molecule has 16 heavy (non-hydrogen) atoms. The number of hydrogen-bond acceptors (Lipinski definition) is 3. The molecule has 82 valence electrons. The molecule has 0 bridgehead atoms. The van der Waals surface area contributed by atoms with Gasteiger partial charge < -0.3 is 5.73 Å². The molecule has 1 aromatic heterocycles. The third-order valence-electron chi connectivity index (χ3n) is 2.66. The lowest BCUT2D eigenvalue weighted by Crippen LogP contribution is -2.01. The van der Waals surface area contributed by atoms with Crippen LogP contribution in [-0.4, -0.2) is 9.97 Å². The largest absolute Gasteiger partial charge is 0.383 e. The molecule has 2 N–H and O–H groups in total. The third kappa shape index (κ3) is 1.89. The number of anilines is 1. The molecule has 0 aliphatic heterocycles. The summed E-state index contributed by atoms with van der Waals surface area (Å²) in [5, 5.41) is 0. The van der Waals surface area contributed by atoms with Gasteiger partial charge in [-0.15, -0.1) is 0 Å². The lowest BCUT2D eigenvalue weighted by atomic mass is 10.0. The summed E-state index contributed by atoms with van der Waals surface area (Å²) in [6.07, 6.45) is 2.36. The number of hydrogen-bond donors (Lipinski definition) is 1. The van der Waals surface area contributed by atoms with Gasteiger partial charge in [0.15, 0.2) is 0 Å². The van der Waals surface area contributed by atoms with Crippen molar-refractivity contribution >= 4 is 5.82 Å². The molecule has 0 radical (unpaired) electrons. The van der Waals surface area contributed by atoms with Crippen molar-refractivity contribution in [3.63, 3.8) is 0 Å². The van der Waals surface area contributed by atoms with Crippen LogP contribution in [0, 0.1) is 6.92 Å². The highest BCUT2D eigenvalue weighted by molar-refractivity contribution is 5.67. The lowest BCUT2D eigenvalue weighted by Gasteiger charge is -2.08. The van der Waals surface area contributed by atoms with E-state index in [1.54, 1.807) is 0 Å². The Morgan fingerprint density at radius 1 is 1.12 bits per heavy atom. The minimum atomic E-state index is 0.577. The zero-order valence-corrected chi connectivity index (χ0v) is 9.57. The Morgan fingerprint density at radius 2 is 1.81 bits per heavy atom. The van der Waals surface area contributed by atoms with E-state index < -0.39 is 0 Å². The van der Waals surface area contributed by atoms with Crippen LogP contribution in [-0.2, 0) is 6.42 Å². The van der Waals surface area contributed by atoms with Gasteiger partial charge in [-0.2, -0.15) is 0 Å². The fourth-order valence-electron chi connectivity index (χ4n) is 1.73. The number of benzene rings is 1. The number of aryl methyl sites for hydroxylation is 1. The Hall–Kier alpha value is -1.90. The third-order valence-corrected chi connectivity index (χ3v) is 2.66. The fraction of sp³-hybridized carbons (Fsp3) is 0.231. The normalized spacial score (nSPS) is 10.4. The predicted molar refractivity (Wildman–Crippen MR) is 66.0 cm³/mol. The minimum Gasteiger partial charge on any atom is -0.383 e. The number of nitrogens with two attached hydrogens (primary N) is 1. The molecule has 0 aliphatic carbocycles. The average molecular weight is 213 g/mol. The van der Waals surface area contributed by atoms with E-state index in [4.69, 9.17) is 5.73 Å². The van der Waals surface area contributed by atoms with E-state index in [2.05, 4.69) is 48.1 Å². The number of rotatable bonds is 2. The molecule has 0 amide bonds. The van der Waals surface area contributed by atoms with Crippen molar-refractivity contribution in [1.29, 1.82) is 0 Å². The molecule has 3 heteroatoms. The zero-order chi connectivity index (χ0) is 11.5. The standard InChI is InChI=1S/C13H15N3/c1-3-11-12(15-8-16-13(11)14)10-6-4-9(2)5-7-10/h4-8H,3H2,1-2H3,(H2,14,15,16). The summed E-state index contributed by atoms with van der Waals surface area (Å²) in [6, 6.07) is 8.28. The molecule has 3 nitrogen and oxygen atoms in total. The number of nitrogen functional groups attached to an aromatic ring is 1. The Labute approximate surface area is 95.4 Å². The van der Waals surface area contributed by atoms with Crippen LogP contribution >= 0.6 is 0 Å². The van der Waals surface area contributed by atoms with Gasteiger partial charge in [0.1, 0.15) is 12.1 Å². The van der Waals surface area contributed by atoms with E-state index in [9.17, 15) is 0 Å². The monoisotopic (exact) mass is 213 g/mol. The van der Waals surface area contributed by atoms with Crippen molar-refractivity contribution in [3.05, 3.63) is 41.7 Å². The SMILES string of the molecule is CCc1c(N)ncnc1-c1ccc(C)cc1. The maximum atomic E-state index is 5.85. The van der Waals surface area contributed by atoms with Gasteiger partial charge in [0.05, 0.1) is 5.69 Å². The maximum absolute atomic E-state index is 5.85. The first-order valence-corrected chi connectivity index (χ1v) is 5.38. The highest BCUT2D eigenvalue weighted by Crippen LogP contribution is 2.24. The summed E-state index contributed by atoms with van der Waals surface area (Å²) < 4.78 is 0. The van der Waals surface area contributed by atoms with E-state index in [0.29, 0.717) is 5.82 Å². The average Bonchev–Trinajstić information content (AvgIpc) is 2.30. The van der Waals surface area contributed by atoms with Gasteiger partial charge >= 0.3 is 0 Å². The Bertz CT molecular complexity index is 489. The van der Waals surface area contributed by atoms with Gasteiger partial charge in [0.25, 0.3) is 0 Å². The minimum absolute atomic E-state index is 0.577. The van der Waals surface area contributed by atoms with Crippen LogP contribution in [0.5, 0.6) is 0 Å².